The number of nitrogens with one attached hydrogen (secondary N) is 1. The highest BCUT2D eigenvalue weighted by Crippen LogP contribution is 2.48. The summed E-state index contributed by atoms with van der Waals surface area (Å²) >= 11 is 0. The third kappa shape index (κ3) is 4.21. The fraction of sp³-hybridized carbons (Fsp3) is 0.333. The molecule has 0 saturated carbocycles. The average Bonchev–Trinajstić information content (AvgIpc) is 2.90. The first kappa shape index (κ1) is 23.9. The van der Waals surface area contributed by atoms with Crippen molar-refractivity contribution in [1.82, 2.24) is 4.90 Å². The monoisotopic (exact) mass is 484 g/mol. The molecular weight excluding hydrogens is 452 g/mol. The maximum atomic E-state index is 13.9. The number of aryl methyl sites for hydroxylation is 1. The van der Waals surface area contributed by atoms with Gasteiger partial charge in [-0.25, -0.2) is 0 Å². The summed E-state index contributed by atoms with van der Waals surface area (Å²) in [7, 11) is 0. The predicted molar refractivity (Wildman–Crippen MR) is 140 cm³/mol. The van der Waals surface area contributed by atoms with Crippen molar-refractivity contribution in [1.29, 1.82) is 0 Å². The number of anilines is 1. The van der Waals surface area contributed by atoms with Crippen LogP contribution in [0.2, 0.25) is 0 Å². The highest BCUT2D eigenvalue weighted by atomic mass is 16.5. The normalized spacial score (nSPS) is 18.1. The van der Waals surface area contributed by atoms with Gasteiger partial charge in [-0.05, 0) is 79.3 Å². The van der Waals surface area contributed by atoms with Crippen molar-refractivity contribution in [2.45, 2.75) is 45.6 Å². The highest BCUT2D eigenvalue weighted by Gasteiger charge is 2.46. The molecule has 0 aromatic heterocycles. The van der Waals surface area contributed by atoms with Gasteiger partial charge in [-0.1, -0.05) is 37.3 Å². The number of carbonyl (C=O) groups excluding carboxylic acids is 2. The van der Waals surface area contributed by atoms with Crippen LogP contribution in [-0.2, 0) is 17.6 Å². The molecule has 186 valence electrons. The molecule has 36 heavy (non-hydrogen) atoms. The lowest BCUT2D eigenvalue weighted by atomic mass is 9.75. The summed E-state index contributed by atoms with van der Waals surface area (Å²) in [5.74, 6) is 0.612. The molecule has 2 atom stereocenters. The van der Waals surface area contributed by atoms with E-state index in [9.17, 15) is 9.59 Å². The fourth-order valence-electron chi connectivity index (χ4n) is 5.40. The van der Waals surface area contributed by atoms with Gasteiger partial charge in [0.25, 0.3) is 5.91 Å². The minimum Gasteiger partial charge on any atom is -0.490 e. The van der Waals surface area contributed by atoms with Gasteiger partial charge < -0.3 is 19.7 Å². The molecule has 0 bridgehead atoms. The zero-order valence-electron chi connectivity index (χ0n) is 21.0. The molecule has 3 aromatic rings. The first-order valence-corrected chi connectivity index (χ1v) is 12.8. The fourth-order valence-corrected chi connectivity index (χ4v) is 5.40. The average molecular weight is 485 g/mol. The van der Waals surface area contributed by atoms with Crippen molar-refractivity contribution in [3.63, 3.8) is 0 Å². The number of fused-ring (bicyclic) bond motifs is 4. The largest absolute Gasteiger partial charge is 0.490 e. The van der Waals surface area contributed by atoms with Gasteiger partial charge in [0.2, 0.25) is 5.91 Å². The van der Waals surface area contributed by atoms with E-state index in [0.29, 0.717) is 43.2 Å². The van der Waals surface area contributed by atoms with E-state index in [0.717, 1.165) is 28.8 Å². The molecule has 0 saturated heterocycles. The van der Waals surface area contributed by atoms with Gasteiger partial charge in [0.1, 0.15) is 0 Å². The molecule has 2 aliphatic heterocycles. The molecule has 2 aliphatic rings. The Kier molecular flexibility index (Phi) is 6.68. The summed E-state index contributed by atoms with van der Waals surface area (Å²) in [6, 6.07) is 19.0. The molecular formula is C30H32N2O4. The highest BCUT2D eigenvalue weighted by molar-refractivity contribution is 6.04. The molecule has 0 aliphatic carbocycles. The van der Waals surface area contributed by atoms with Crippen molar-refractivity contribution in [3.8, 4) is 11.5 Å². The Hall–Kier alpha value is -3.80. The predicted octanol–water partition coefficient (Wildman–Crippen LogP) is 5.52. The topological polar surface area (TPSA) is 67.9 Å². The van der Waals surface area contributed by atoms with Crippen molar-refractivity contribution in [2.24, 2.45) is 0 Å². The lowest BCUT2D eigenvalue weighted by Gasteiger charge is -2.45. The number of nitrogens with zero attached hydrogens (tertiary/aromatic N) is 1. The van der Waals surface area contributed by atoms with Gasteiger partial charge in [0.05, 0.1) is 25.2 Å². The quantitative estimate of drug-likeness (QED) is 0.479. The summed E-state index contributed by atoms with van der Waals surface area (Å²) in [5.41, 5.74) is 5.33. The van der Waals surface area contributed by atoms with Crippen LogP contribution >= 0.6 is 0 Å². The second-order valence-electron chi connectivity index (χ2n) is 9.16. The van der Waals surface area contributed by atoms with Gasteiger partial charge in [0.15, 0.2) is 11.5 Å². The Bertz CT molecular complexity index is 1280. The first-order valence-electron chi connectivity index (χ1n) is 12.8. The molecule has 6 heteroatoms. The number of amides is 2. The summed E-state index contributed by atoms with van der Waals surface area (Å²) in [6.45, 7) is 7.54. The second-order valence-corrected chi connectivity index (χ2v) is 9.16. The van der Waals surface area contributed by atoms with Crippen molar-refractivity contribution in [2.75, 3.05) is 25.1 Å². The van der Waals surface area contributed by atoms with E-state index < -0.39 is 12.0 Å². The van der Waals surface area contributed by atoms with Gasteiger partial charge in [-0.15, -0.1) is 0 Å². The maximum absolute atomic E-state index is 13.9. The van der Waals surface area contributed by atoms with E-state index >= 15 is 0 Å². The smallest absolute Gasteiger partial charge is 0.254 e. The summed E-state index contributed by atoms with van der Waals surface area (Å²) in [5, 5.41) is 3.12. The van der Waals surface area contributed by atoms with Crippen molar-refractivity contribution < 1.29 is 19.1 Å². The SMILES string of the molecule is CCOc1cc2c(cc1OCC)C1C(C(=O)Nc3ccc(CC)cc3)c3ccccc3C(=O)N1CC2. The molecule has 1 N–H and O–H groups in total. The molecule has 5 rings (SSSR count). The third-order valence-electron chi connectivity index (χ3n) is 7.10. The van der Waals surface area contributed by atoms with Crippen LogP contribution in [0.5, 0.6) is 11.5 Å². The van der Waals surface area contributed by atoms with Gasteiger partial charge in [-0.3, -0.25) is 9.59 Å². The number of hydrogen-bond acceptors (Lipinski definition) is 4. The van der Waals surface area contributed by atoms with E-state index in [1.54, 1.807) is 0 Å². The van der Waals surface area contributed by atoms with E-state index in [2.05, 4.69) is 12.2 Å². The van der Waals surface area contributed by atoms with E-state index in [-0.39, 0.29) is 11.8 Å². The molecule has 0 fully saturated rings. The number of ether oxygens (including phenoxy) is 2. The van der Waals surface area contributed by atoms with Crippen molar-refractivity contribution >= 4 is 17.5 Å². The Morgan fingerprint density at radius 1 is 0.944 bits per heavy atom. The van der Waals surface area contributed by atoms with E-state index in [4.69, 9.17) is 9.47 Å². The van der Waals surface area contributed by atoms with Gasteiger partial charge in [0, 0.05) is 17.8 Å². The molecule has 6 nitrogen and oxygen atoms in total. The minimum atomic E-state index is -0.559. The Morgan fingerprint density at radius 2 is 1.64 bits per heavy atom. The second kappa shape index (κ2) is 10.1. The minimum absolute atomic E-state index is 0.0376. The number of hydrogen-bond donors (Lipinski definition) is 1. The van der Waals surface area contributed by atoms with E-state index in [1.165, 1.54) is 5.56 Å². The van der Waals surface area contributed by atoms with Crippen LogP contribution in [-0.4, -0.2) is 36.5 Å². The standard InChI is InChI=1S/C30H32N2O4/c1-4-19-11-13-21(14-12-19)31-29(33)27-22-9-7-8-10-23(22)30(34)32-16-15-20-17-25(35-5-2)26(36-6-3)18-24(20)28(27)32/h7-14,17-18,27-28H,4-6,15-16H2,1-3H3,(H,31,33). The van der Waals surface area contributed by atoms with Crippen molar-refractivity contribution in [3.05, 3.63) is 88.5 Å². The van der Waals surface area contributed by atoms with Crippen LogP contribution in [0.15, 0.2) is 60.7 Å². The first-order chi connectivity index (χ1) is 17.5. The van der Waals surface area contributed by atoms with Crippen LogP contribution in [0.3, 0.4) is 0 Å². The molecule has 2 unspecified atom stereocenters. The van der Waals surface area contributed by atoms with Gasteiger partial charge in [-0.2, -0.15) is 0 Å². The molecule has 0 radical (unpaired) electrons. The molecule has 2 heterocycles. The van der Waals surface area contributed by atoms with Crippen LogP contribution < -0.4 is 14.8 Å². The Balaban J connectivity index is 1.61. The third-order valence-corrected chi connectivity index (χ3v) is 7.10. The molecule has 2 amide bonds. The maximum Gasteiger partial charge on any atom is 0.254 e. The number of carbonyl (C=O) groups is 2. The number of rotatable bonds is 7. The summed E-state index contributed by atoms with van der Waals surface area (Å²) in [4.78, 5) is 29.4. The summed E-state index contributed by atoms with van der Waals surface area (Å²) in [6.07, 6.45) is 1.63. The number of benzene rings is 3. The lowest BCUT2D eigenvalue weighted by Crippen LogP contribution is -2.49. The molecule has 3 aromatic carbocycles. The lowest BCUT2D eigenvalue weighted by molar-refractivity contribution is -0.119. The van der Waals surface area contributed by atoms with Crippen LogP contribution in [0.25, 0.3) is 0 Å². The summed E-state index contributed by atoms with van der Waals surface area (Å²) < 4.78 is 11.8. The van der Waals surface area contributed by atoms with Gasteiger partial charge >= 0.3 is 0 Å². The van der Waals surface area contributed by atoms with Crippen LogP contribution in [0, 0.1) is 0 Å². The zero-order chi connectivity index (χ0) is 25.2. The Morgan fingerprint density at radius 3 is 2.33 bits per heavy atom. The van der Waals surface area contributed by atoms with Crippen LogP contribution in [0.1, 0.15) is 65.3 Å². The van der Waals surface area contributed by atoms with E-state index in [1.807, 2.05) is 79.4 Å². The van der Waals surface area contributed by atoms with Crippen LogP contribution in [0.4, 0.5) is 5.69 Å². The molecule has 0 spiro atoms. The zero-order valence-corrected chi connectivity index (χ0v) is 21.0. The Labute approximate surface area is 212 Å².